The maximum absolute atomic E-state index is 11.0. The Morgan fingerprint density at radius 3 is 3.00 bits per heavy atom. The molecule has 1 N–H and O–H groups in total. The van der Waals surface area contributed by atoms with Crippen molar-refractivity contribution < 1.29 is 9.53 Å². The van der Waals surface area contributed by atoms with Crippen molar-refractivity contribution in [1.29, 1.82) is 0 Å². The van der Waals surface area contributed by atoms with Crippen LogP contribution in [0.15, 0.2) is 0 Å². The highest BCUT2D eigenvalue weighted by Crippen LogP contribution is 2.38. The molecule has 0 aromatic rings. The molecule has 2 heterocycles. The van der Waals surface area contributed by atoms with Gasteiger partial charge in [0.2, 0.25) is 5.91 Å². The van der Waals surface area contributed by atoms with Gasteiger partial charge >= 0.3 is 0 Å². The Hall–Kier alpha value is -0.570. The van der Waals surface area contributed by atoms with Gasteiger partial charge in [-0.15, -0.1) is 0 Å². The molecule has 74 valence electrons. The summed E-state index contributed by atoms with van der Waals surface area (Å²) in [5, 5.41) is 2.96. The van der Waals surface area contributed by atoms with Crippen molar-refractivity contribution in [1.82, 2.24) is 5.32 Å². The molecule has 0 spiro atoms. The van der Waals surface area contributed by atoms with Gasteiger partial charge in [-0.25, -0.2) is 0 Å². The first-order valence-corrected chi connectivity index (χ1v) is 5.05. The van der Waals surface area contributed by atoms with Crippen LogP contribution in [0.25, 0.3) is 0 Å². The van der Waals surface area contributed by atoms with Crippen LogP contribution in [0.2, 0.25) is 0 Å². The van der Waals surface area contributed by atoms with Crippen LogP contribution in [0.4, 0.5) is 0 Å². The first-order valence-electron chi connectivity index (χ1n) is 5.05. The molecule has 13 heavy (non-hydrogen) atoms. The minimum atomic E-state index is 0.205. The van der Waals surface area contributed by atoms with Gasteiger partial charge in [0.05, 0.1) is 6.61 Å². The molecule has 2 rings (SSSR count). The van der Waals surface area contributed by atoms with Crippen LogP contribution < -0.4 is 5.32 Å². The predicted molar refractivity (Wildman–Crippen MR) is 49.3 cm³/mol. The number of piperidine rings is 1. The average molecular weight is 183 g/mol. The summed E-state index contributed by atoms with van der Waals surface area (Å²) in [6.07, 6.45) is 2.87. The molecule has 0 aromatic heterocycles. The zero-order chi connectivity index (χ0) is 9.31. The molecular weight excluding hydrogens is 166 g/mol. The molecule has 2 atom stereocenters. The summed E-state index contributed by atoms with van der Waals surface area (Å²) >= 11 is 0. The summed E-state index contributed by atoms with van der Waals surface area (Å²) in [6.45, 7) is 4.88. The summed E-state index contributed by atoms with van der Waals surface area (Å²) in [5.74, 6) is 0.851. The van der Waals surface area contributed by atoms with Crippen LogP contribution in [0.3, 0.4) is 0 Å². The van der Waals surface area contributed by atoms with E-state index in [1.165, 1.54) is 0 Å². The first kappa shape index (κ1) is 9.00. The van der Waals surface area contributed by atoms with E-state index in [0.29, 0.717) is 12.3 Å². The fourth-order valence-corrected chi connectivity index (χ4v) is 2.31. The maximum Gasteiger partial charge on any atom is 0.220 e. The van der Waals surface area contributed by atoms with E-state index < -0.39 is 0 Å². The molecule has 2 aliphatic heterocycles. The Bertz CT molecular complexity index is 199. The Labute approximate surface area is 78.8 Å². The van der Waals surface area contributed by atoms with E-state index in [1.807, 2.05) is 0 Å². The molecule has 0 bridgehead atoms. The Morgan fingerprint density at radius 2 is 2.46 bits per heavy atom. The minimum Gasteiger partial charge on any atom is -0.381 e. The molecule has 2 saturated heterocycles. The highest BCUT2D eigenvalue weighted by atomic mass is 16.5. The molecule has 0 aliphatic carbocycles. The number of amides is 1. The van der Waals surface area contributed by atoms with E-state index in [-0.39, 0.29) is 11.3 Å². The third-order valence-corrected chi connectivity index (χ3v) is 3.53. The van der Waals surface area contributed by atoms with Gasteiger partial charge in [0, 0.05) is 19.6 Å². The van der Waals surface area contributed by atoms with Crippen molar-refractivity contribution in [3.63, 3.8) is 0 Å². The zero-order valence-corrected chi connectivity index (χ0v) is 8.14. The van der Waals surface area contributed by atoms with Crippen molar-refractivity contribution in [2.75, 3.05) is 19.8 Å². The summed E-state index contributed by atoms with van der Waals surface area (Å²) in [4.78, 5) is 11.0. The third kappa shape index (κ3) is 1.70. The van der Waals surface area contributed by atoms with E-state index in [1.54, 1.807) is 0 Å². The lowest BCUT2D eigenvalue weighted by Crippen LogP contribution is -2.45. The van der Waals surface area contributed by atoms with Crippen molar-refractivity contribution in [2.45, 2.75) is 26.2 Å². The third-order valence-electron chi connectivity index (χ3n) is 3.53. The van der Waals surface area contributed by atoms with Gasteiger partial charge in [-0.2, -0.15) is 0 Å². The van der Waals surface area contributed by atoms with E-state index >= 15 is 0 Å². The maximum atomic E-state index is 11.0. The standard InChI is InChI=1S/C10H17NO2/c1-10(8-3-5-13-6-8)4-2-9(12)11-7-10/h8H,2-7H2,1H3,(H,11,12). The topological polar surface area (TPSA) is 38.3 Å². The number of hydrogen-bond acceptors (Lipinski definition) is 2. The van der Waals surface area contributed by atoms with E-state index in [2.05, 4.69) is 12.2 Å². The summed E-state index contributed by atoms with van der Waals surface area (Å²) < 4.78 is 5.39. The van der Waals surface area contributed by atoms with Gasteiger partial charge < -0.3 is 10.1 Å². The number of ether oxygens (including phenoxy) is 1. The van der Waals surface area contributed by atoms with Crippen molar-refractivity contribution in [3.8, 4) is 0 Å². The predicted octanol–water partition coefficient (Wildman–Crippen LogP) is 0.939. The molecule has 3 nitrogen and oxygen atoms in total. The van der Waals surface area contributed by atoms with Crippen LogP contribution in [0, 0.1) is 11.3 Å². The molecular formula is C10H17NO2. The largest absolute Gasteiger partial charge is 0.381 e. The van der Waals surface area contributed by atoms with Gasteiger partial charge in [0.25, 0.3) is 0 Å². The van der Waals surface area contributed by atoms with Gasteiger partial charge in [0.15, 0.2) is 0 Å². The summed E-state index contributed by atoms with van der Waals surface area (Å²) in [5.41, 5.74) is 0.282. The molecule has 2 fully saturated rings. The second-order valence-corrected chi connectivity index (χ2v) is 4.49. The van der Waals surface area contributed by atoms with Crippen LogP contribution in [-0.2, 0) is 9.53 Å². The Kier molecular flexibility index (Phi) is 2.28. The van der Waals surface area contributed by atoms with Gasteiger partial charge in [-0.1, -0.05) is 6.92 Å². The monoisotopic (exact) mass is 183 g/mol. The van der Waals surface area contributed by atoms with Gasteiger partial charge in [-0.05, 0) is 24.2 Å². The number of nitrogens with one attached hydrogen (secondary N) is 1. The second kappa shape index (κ2) is 3.29. The minimum absolute atomic E-state index is 0.205. The number of carbonyl (C=O) groups is 1. The van der Waals surface area contributed by atoms with Crippen LogP contribution in [0.1, 0.15) is 26.2 Å². The fourth-order valence-electron chi connectivity index (χ4n) is 2.31. The molecule has 1 amide bonds. The van der Waals surface area contributed by atoms with E-state index in [0.717, 1.165) is 32.6 Å². The van der Waals surface area contributed by atoms with E-state index in [9.17, 15) is 4.79 Å². The lowest BCUT2D eigenvalue weighted by Gasteiger charge is -2.38. The lowest BCUT2D eigenvalue weighted by atomic mass is 9.71. The molecule has 0 aromatic carbocycles. The summed E-state index contributed by atoms with van der Waals surface area (Å²) in [6, 6.07) is 0. The van der Waals surface area contributed by atoms with Crippen molar-refractivity contribution in [2.24, 2.45) is 11.3 Å². The van der Waals surface area contributed by atoms with E-state index in [4.69, 9.17) is 4.74 Å². The van der Waals surface area contributed by atoms with Crippen LogP contribution in [0.5, 0.6) is 0 Å². The lowest BCUT2D eigenvalue weighted by molar-refractivity contribution is -0.124. The highest BCUT2D eigenvalue weighted by Gasteiger charge is 2.39. The normalized spacial score (nSPS) is 40.4. The van der Waals surface area contributed by atoms with Gasteiger partial charge in [0.1, 0.15) is 0 Å². The highest BCUT2D eigenvalue weighted by molar-refractivity contribution is 5.76. The number of hydrogen-bond donors (Lipinski definition) is 1. The number of rotatable bonds is 1. The second-order valence-electron chi connectivity index (χ2n) is 4.49. The van der Waals surface area contributed by atoms with Gasteiger partial charge in [-0.3, -0.25) is 4.79 Å². The quantitative estimate of drug-likeness (QED) is 0.657. The number of carbonyl (C=O) groups excluding carboxylic acids is 1. The summed E-state index contributed by atoms with van der Waals surface area (Å²) in [7, 11) is 0. The fraction of sp³-hybridized carbons (Fsp3) is 0.900. The molecule has 2 unspecified atom stereocenters. The molecule has 3 heteroatoms. The molecule has 2 aliphatic rings. The average Bonchev–Trinajstić information content (AvgIpc) is 2.63. The van der Waals surface area contributed by atoms with Crippen LogP contribution in [-0.4, -0.2) is 25.7 Å². The molecule has 0 radical (unpaired) electrons. The Morgan fingerprint density at radius 1 is 1.62 bits per heavy atom. The first-order chi connectivity index (χ1) is 6.21. The van der Waals surface area contributed by atoms with Crippen molar-refractivity contribution in [3.05, 3.63) is 0 Å². The van der Waals surface area contributed by atoms with Crippen LogP contribution >= 0.6 is 0 Å². The Balaban J connectivity index is 1.98. The molecule has 0 saturated carbocycles. The zero-order valence-electron chi connectivity index (χ0n) is 8.14. The van der Waals surface area contributed by atoms with Crippen molar-refractivity contribution >= 4 is 5.91 Å². The smallest absolute Gasteiger partial charge is 0.220 e. The SMILES string of the molecule is CC1(C2CCOC2)CCC(=O)NC1.